The van der Waals surface area contributed by atoms with Crippen LogP contribution in [0.3, 0.4) is 0 Å². The van der Waals surface area contributed by atoms with Gasteiger partial charge in [0.25, 0.3) is 10.0 Å². The molecule has 0 spiro atoms. The Kier molecular flexibility index (Phi) is 6.24. The first kappa shape index (κ1) is 20.5. The highest BCUT2D eigenvalue weighted by Gasteiger charge is 2.18. The predicted octanol–water partition coefficient (Wildman–Crippen LogP) is 4.40. The largest absolute Gasteiger partial charge is 0.462 e. The topological polar surface area (TPSA) is 72.8 Å². The van der Waals surface area contributed by atoms with Crippen LogP contribution in [0.1, 0.15) is 34.0 Å². The van der Waals surface area contributed by atoms with E-state index in [4.69, 9.17) is 4.74 Å². The van der Waals surface area contributed by atoms with Gasteiger partial charge in [0.05, 0.1) is 22.8 Å². The summed E-state index contributed by atoms with van der Waals surface area (Å²) in [6.45, 7) is 3.87. The van der Waals surface area contributed by atoms with Crippen LogP contribution in [0.4, 0.5) is 0 Å². The van der Waals surface area contributed by atoms with Gasteiger partial charge in [-0.15, -0.1) is 0 Å². The second kappa shape index (κ2) is 8.84. The van der Waals surface area contributed by atoms with Gasteiger partial charge in [0.1, 0.15) is 0 Å². The van der Waals surface area contributed by atoms with Crippen LogP contribution >= 0.6 is 0 Å². The van der Waals surface area contributed by atoms with E-state index in [2.05, 4.69) is 4.40 Å². The van der Waals surface area contributed by atoms with E-state index in [1.54, 1.807) is 67.6 Å². The maximum absolute atomic E-state index is 12.9. The quantitative estimate of drug-likeness (QED) is 0.448. The summed E-state index contributed by atoms with van der Waals surface area (Å²) in [5, 5.41) is 0. The molecule has 5 nitrogen and oxygen atoms in total. The summed E-state index contributed by atoms with van der Waals surface area (Å²) in [5.41, 5.74) is 2.69. The van der Waals surface area contributed by atoms with Gasteiger partial charge in [0, 0.05) is 11.1 Å². The number of carbonyl (C=O) groups excluding carboxylic acids is 1. The van der Waals surface area contributed by atoms with Crippen LogP contribution in [-0.4, -0.2) is 26.7 Å². The molecule has 148 valence electrons. The number of rotatable bonds is 6. The molecule has 0 aromatic heterocycles. The van der Waals surface area contributed by atoms with Crippen molar-refractivity contribution >= 4 is 21.7 Å². The minimum absolute atomic E-state index is 0.109. The monoisotopic (exact) mass is 407 g/mol. The molecule has 0 fully saturated rings. The van der Waals surface area contributed by atoms with Gasteiger partial charge in [0.2, 0.25) is 0 Å². The third-order valence-electron chi connectivity index (χ3n) is 4.22. The van der Waals surface area contributed by atoms with E-state index >= 15 is 0 Å². The lowest BCUT2D eigenvalue weighted by atomic mass is 10.0. The maximum atomic E-state index is 12.9. The van der Waals surface area contributed by atoms with E-state index in [0.717, 1.165) is 5.56 Å². The molecule has 0 saturated heterocycles. The Balaban J connectivity index is 2.14. The first-order valence-corrected chi connectivity index (χ1v) is 10.6. The second-order valence-electron chi connectivity index (χ2n) is 6.40. The van der Waals surface area contributed by atoms with Gasteiger partial charge in [-0.1, -0.05) is 60.2 Å². The number of sulfonamides is 1. The number of benzene rings is 3. The van der Waals surface area contributed by atoms with E-state index in [-0.39, 0.29) is 17.2 Å². The summed E-state index contributed by atoms with van der Waals surface area (Å²) in [5.74, 6) is -0.469. The van der Waals surface area contributed by atoms with Crippen molar-refractivity contribution < 1.29 is 17.9 Å². The molecule has 0 N–H and O–H groups in total. The molecular formula is C23H21NO4S. The van der Waals surface area contributed by atoms with Crippen LogP contribution in [0.15, 0.2) is 88.2 Å². The zero-order valence-electron chi connectivity index (χ0n) is 16.2. The minimum Gasteiger partial charge on any atom is -0.462 e. The van der Waals surface area contributed by atoms with Gasteiger partial charge < -0.3 is 4.74 Å². The van der Waals surface area contributed by atoms with Crippen molar-refractivity contribution in [2.45, 2.75) is 18.7 Å². The summed E-state index contributed by atoms with van der Waals surface area (Å²) in [6.07, 6.45) is 0. The molecular weight excluding hydrogens is 386 g/mol. The van der Waals surface area contributed by atoms with Gasteiger partial charge in [-0.2, -0.15) is 12.8 Å². The molecule has 0 amide bonds. The molecule has 0 heterocycles. The summed E-state index contributed by atoms with van der Waals surface area (Å²) < 4.78 is 35.1. The molecule has 0 unspecified atom stereocenters. The van der Waals surface area contributed by atoms with Crippen LogP contribution in [0.2, 0.25) is 0 Å². The lowest BCUT2D eigenvalue weighted by Gasteiger charge is -2.10. The number of esters is 1. The highest BCUT2D eigenvalue weighted by atomic mass is 32.2. The van der Waals surface area contributed by atoms with Crippen LogP contribution in [0.5, 0.6) is 0 Å². The third kappa shape index (κ3) is 4.97. The number of hydrogen-bond acceptors (Lipinski definition) is 4. The van der Waals surface area contributed by atoms with E-state index in [0.29, 0.717) is 16.7 Å². The molecule has 0 aliphatic heterocycles. The summed E-state index contributed by atoms with van der Waals surface area (Å²) in [6, 6.07) is 22.1. The average Bonchev–Trinajstić information content (AvgIpc) is 2.73. The van der Waals surface area contributed by atoms with Crippen molar-refractivity contribution in [3.63, 3.8) is 0 Å². The first-order valence-electron chi connectivity index (χ1n) is 9.15. The first-order chi connectivity index (χ1) is 13.9. The number of aryl methyl sites for hydroxylation is 1. The smallest absolute Gasteiger partial charge is 0.338 e. The number of nitrogens with zero attached hydrogens (tertiary/aromatic N) is 1. The summed E-state index contributed by atoms with van der Waals surface area (Å²) in [7, 11) is -3.94. The summed E-state index contributed by atoms with van der Waals surface area (Å²) >= 11 is 0. The molecule has 0 atom stereocenters. The second-order valence-corrected chi connectivity index (χ2v) is 8.00. The van der Waals surface area contributed by atoms with Crippen LogP contribution in [0.25, 0.3) is 0 Å². The Hall–Kier alpha value is -3.25. The van der Waals surface area contributed by atoms with E-state index < -0.39 is 16.0 Å². The molecule has 0 aliphatic rings. The molecule has 29 heavy (non-hydrogen) atoms. The SMILES string of the molecule is CCOC(=O)c1cccc(/C(=N/S(=O)(=O)c2ccc(C)cc2)c2ccccc2)c1. The van der Waals surface area contributed by atoms with Crippen molar-refractivity contribution in [2.24, 2.45) is 4.40 Å². The maximum Gasteiger partial charge on any atom is 0.338 e. The van der Waals surface area contributed by atoms with Crippen molar-refractivity contribution in [3.05, 3.63) is 101 Å². The van der Waals surface area contributed by atoms with Crippen molar-refractivity contribution in [3.8, 4) is 0 Å². The minimum atomic E-state index is -3.94. The predicted molar refractivity (Wildman–Crippen MR) is 113 cm³/mol. The van der Waals surface area contributed by atoms with Crippen LogP contribution in [-0.2, 0) is 14.8 Å². The zero-order chi connectivity index (χ0) is 20.9. The average molecular weight is 407 g/mol. The summed E-state index contributed by atoms with van der Waals surface area (Å²) in [4.78, 5) is 12.2. The molecule has 0 saturated carbocycles. The molecule has 0 radical (unpaired) electrons. The molecule has 3 aromatic rings. The Morgan fingerprint density at radius 2 is 1.48 bits per heavy atom. The highest BCUT2D eigenvalue weighted by molar-refractivity contribution is 7.90. The fourth-order valence-corrected chi connectivity index (χ4v) is 3.80. The van der Waals surface area contributed by atoms with Crippen molar-refractivity contribution in [1.82, 2.24) is 0 Å². The van der Waals surface area contributed by atoms with Gasteiger partial charge in [0.15, 0.2) is 0 Å². The number of carbonyl (C=O) groups is 1. The van der Waals surface area contributed by atoms with Gasteiger partial charge in [-0.3, -0.25) is 0 Å². The van der Waals surface area contributed by atoms with Crippen molar-refractivity contribution in [1.29, 1.82) is 0 Å². The van der Waals surface area contributed by atoms with E-state index in [1.807, 2.05) is 13.0 Å². The third-order valence-corrected chi connectivity index (χ3v) is 5.52. The van der Waals surface area contributed by atoms with E-state index in [9.17, 15) is 13.2 Å². The van der Waals surface area contributed by atoms with Gasteiger partial charge in [-0.25, -0.2) is 4.79 Å². The Bertz CT molecular complexity index is 1140. The van der Waals surface area contributed by atoms with Crippen molar-refractivity contribution in [2.75, 3.05) is 6.61 Å². The Labute approximate surface area is 170 Å². The Morgan fingerprint density at radius 1 is 0.862 bits per heavy atom. The molecule has 0 bridgehead atoms. The zero-order valence-corrected chi connectivity index (χ0v) is 17.0. The lowest BCUT2D eigenvalue weighted by Crippen LogP contribution is -2.11. The Morgan fingerprint density at radius 3 is 2.14 bits per heavy atom. The molecule has 6 heteroatoms. The molecule has 3 rings (SSSR count). The fraction of sp³-hybridized carbons (Fsp3) is 0.130. The lowest BCUT2D eigenvalue weighted by molar-refractivity contribution is 0.0526. The van der Waals surface area contributed by atoms with Gasteiger partial charge >= 0.3 is 5.97 Å². The highest BCUT2D eigenvalue weighted by Crippen LogP contribution is 2.19. The standard InChI is InChI=1S/C23H21NO4S/c1-3-28-23(25)20-11-7-10-19(16-20)22(18-8-5-4-6-9-18)24-29(26,27)21-14-12-17(2)13-15-21/h4-16H,3H2,1-2H3/b24-22+. The van der Waals surface area contributed by atoms with Crippen LogP contribution < -0.4 is 0 Å². The van der Waals surface area contributed by atoms with Gasteiger partial charge in [-0.05, 0) is 38.1 Å². The normalized spacial score (nSPS) is 11.9. The fourth-order valence-electron chi connectivity index (χ4n) is 2.76. The van der Waals surface area contributed by atoms with E-state index in [1.165, 1.54) is 12.1 Å². The number of hydrogen-bond donors (Lipinski definition) is 0. The molecule has 0 aliphatic carbocycles. The number of ether oxygens (including phenoxy) is 1. The molecule has 3 aromatic carbocycles. The van der Waals surface area contributed by atoms with Crippen LogP contribution in [0, 0.1) is 6.92 Å².